The number of aliphatic hydroxyl groups excluding tert-OH is 1. The summed E-state index contributed by atoms with van der Waals surface area (Å²) in [5.41, 5.74) is 5.35. The van der Waals surface area contributed by atoms with Crippen molar-refractivity contribution in [1.82, 2.24) is 4.72 Å². The van der Waals surface area contributed by atoms with Crippen LogP contribution in [0.4, 0.5) is 0 Å². The number of primary amides is 1. The van der Waals surface area contributed by atoms with Gasteiger partial charge in [0.15, 0.2) is 0 Å². The van der Waals surface area contributed by atoms with Gasteiger partial charge in [-0.25, -0.2) is 13.1 Å². The van der Waals surface area contributed by atoms with Gasteiger partial charge in [-0.1, -0.05) is 0 Å². The summed E-state index contributed by atoms with van der Waals surface area (Å²) in [5, 5.41) is 9.13. The Morgan fingerprint density at radius 1 is 1.32 bits per heavy atom. The van der Waals surface area contributed by atoms with Gasteiger partial charge < -0.3 is 10.8 Å². The molecule has 1 aliphatic rings. The van der Waals surface area contributed by atoms with Crippen LogP contribution in [0.5, 0.6) is 0 Å². The number of carbonyl (C=O) groups is 1. The molecule has 1 saturated carbocycles. The molecule has 1 aromatic carbocycles. The van der Waals surface area contributed by atoms with Crippen molar-refractivity contribution < 1.29 is 18.3 Å². The fourth-order valence-corrected chi connectivity index (χ4v) is 3.09. The minimum absolute atomic E-state index is 0.0948. The van der Waals surface area contributed by atoms with Crippen LogP contribution >= 0.6 is 0 Å². The second kappa shape index (κ2) is 5.28. The molecule has 0 aliphatic heterocycles. The van der Waals surface area contributed by atoms with E-state index in [2.05, 4.69) is 4.72 Å². The van der Waals surface area contributed by atoms with Crippen molar-refractivity contribution in [2.45, 2.75) is 23.8 Å². The lowest BCUT2D eigenvalue weighted by Gasteiger charge is -2.31. The number of benzene rings is 1. The SMILES string of the molecule is NC(=O)c1ccc(S(=O)(=O)NCC2CC(O)C2)cc1. The number of aliphatic hydroxyl groups is 1. The summed E-state index contributed by atoms with van der Waals surface area (Å²) in [5.74, 6) is -0.407. The van der Waals surface area contributed by atoms with E-state index in [4.69, 9.17) is 10.8 Å². The third-order valence-electron chi connectivity index (χ3n) is 3.22. The highest BCUT2D eigenvalue weighted by atomic mass is 32.2. The molecule has 0 spiro atoms. The van der Waals surface area contributed by atoms with E-state index in [0.717, 1.165) is 0 Å². The highest BCUT2D eigenvalue weighted by molar-refractivity contribution is 7.89. The average molecular weight is 284 g/mol. The van der Waals surface area contributed by atoms with E-state index < -0.39 is 15.9 Å². The monoisotopic (exact) mass is 284 g/mol. The van der Waals surface area contributed by atoms with Crippen molar-refractivity contribution in [2.75, 3.05) is 6.54 Å². The molecule has 104 valence electrons. The van der Waals surface area contributed by atoms with Crippen LogP contribution < -0.4 is 10.5 Å². The minimum Gasteiger partial charge on any atom is -0.393 e. The van der Waals surface area contributed by atoms with Crippen molar-refractivity contribution in [2.24, 2.45) is 11.7 Å². The molecular formula is C12H16N2O4S. The van der Waals surface area contributed by atoms with Crippen LogP contribution in [0.25, 0.3) is 0 Å². The second-order valence-corrected chi connectivity index (χ2v) is 6.50. The fraction of sp³-hybridized carbons (Fsp3) is 0.417. The number of rotatable bonds is 5. The molecule has 1 fully saturated rings. The number of sulfonamides is 1. The molecule has 4 N–H and O–H groups in total. The van der Waals surface area contributed by atoms with Gasteiger partial charge in [0, 0.05) is 12.1 Å². The Hall–Kier alpha value is -1.44. The first kappa shape index (κ1) is 14.0. The highest BCUT2D eigenvalue weighted by Gasteiger charge is 2.28. The predicted octanol–water partition coefficient (Wildman–Crippen LogP) is -0.165. The first-order valence-electron chi connectivity index (χ1n) is 5.96. The Morgan fingerprint density at radius 3 is 2.37 bits per heavy atom. The number of nitrogens with one attached hydrogen (secondary N) is 1. The quantitative estimate of drug-likeness (QED) is 0.697. The second-order valence-electron chi connectivity index (χ2n) is 4.73. The third-order valence-corrected chi connectivity index (χ3v) is 4.66. The summed E-state index contributed by atoms with van der Waals surface area (Å²) >= 11 is 0. The van der Waals surface area contributed by atoms with Crippen LogP contribution in [-0.2, 0) is 10.0 Å². The molecule has 0 atom stereocenters. The van der Waals surface area contributed by atoms with Gasteiger partial charge in [0.05, 0.1) is 11.0 Å². The van der Waals surface area contributed by atoms with E-state index in [1.54, 1.807) is 0 Å². The van der Waals surface area contributed by atoms with Crippen molar-refractivity contribution in [3.05, 3.63) is 29.8 Å². The van der Waals surface area contributed by atoms with Crippen molar-refractivity contribution in [1.29, 1.82) is 0 Å². The molecular weight excluding hydrogens is 268 g/mol. The van der Waals surface area contributed by atoms with Crippen LogP contribution in [-0.4, -0.2) is 32.1 Å². The average Bonchev–Trinajstić information content (AvgIpc) is 2.33. The molecule has 0 saturated heterocycles. The van der Waals surface area contributed by atoms with Gasteiger partial charge in [-0.05, 0) is 43.0 Å². The lowest BCUT2D eigenvalue weighted by molar-refractivity contribution is 0.0453. The Morgan fingerprint density at radius 2 is 1.89 bits per heavy atom. The van der Waals surface area contributed by atoms with Gasteiger partial charge in [0.25, 0.3) is 0 Å². The molecule has 7 heteroatoms. The summed E-state index contributed by atoms with van der Waals surface area (Å²) in [6.45, 7) is 0.316. The van der Waals surface area contributed by atoms with Gasteiger partial charge in [0.1, 0.15) is 0 Å². The molecule has 0 aromatic heterocycles. The summed E-state index contributed by atoms with van der Waals surface area (Å²) < 4.78 is 26.4. The standard InChI is InChI=1S/C12H16N2O4S/c13-12(16)9-1-3-11(4-2-9)19(17,18)14-7-8-5-10(15)6-8/h1-4,8,10,14-15H,5-7H2,(H2,13,16). The van der Waals surface area contributed by atoms with Gasteiger partial charge in [-0.15, -0.1) is 0 Å². The first-order chi connectivity index (χ1) is 8.88. The number of amides is 1. The van der Waals surface area contributed by atoms with Gasteiger partial charge in [-0.3, -0.25) is 4.79 Å². The van der Waals surface area contributed by atoms with Crippen molar-refractivity contribution in [3.8, 4) is 0 Å². The zero-order valence-electron chi connectivity index (χ0n) is 10.2. The van der Waals surface area contributed by atoms with E-state index in [9.17, 15) is 13.2 Å². The zero-order valence-corrected chi connectivity index (χ0v) is 11.1. The van der Waals surface area contributed by atoms with Crippen LogP contribution in [0.1, 0.15) is 23.2 Å². The number of hydrogen-bond acceptors (Lipinski definition) is 4. The topological polar surface area (TPSA) is 109 Å². The number of hydrogen-bond donors (Lipinski definition) is 3. The first-order valence-corrected chi connectivity index (χ1v) is 7.44. The smallest absolute Gasteiger partial charge is 0.248 e. The van der Waals surface area contributed by atoms with Gasteiger partial charge >= 0.3 is 0 Å². The maximum Gasteiger partial charge on any atom is 0.248 e. The number of nitrogens with two attached hydrogens (primary N) is 1. The van der Waals surface area contributed by atoms with Crippen LogP contribution in [0.2, 0.25) is 0 Å². The summed E-state index contributed by atoms with van der Waals surface area (Å²) in [6.07, 6.45) is 0.955. The Labute approximate surface area is 111 Å². The zero-order chi connectivity index (χ0) is 14.0. The summed E-state index contributed by atoms with van der Waals surface area (Å²) in [6, 6.07) is 5.45. The van der Waals surface area contributed by atoms with Crippen molar-refractivity contribution in [3.63, 3.8) is 0 Å². The van der Waals surface area contributed by atoms with Gasteiger partial charge in [-0.2, -0.15) is 0 Å². The lowest BCUT2D eigenvalue weighted by atomic mass is 9.83. The Kier molecular flexibility index (Phi) is 3.88. The maximum atomic E-state index is 11.9. The van der Waals surface area contributed by atoms with E-state index in [1.165, 1.54) is 24.3 Å². The Bertz CT molecular complexity index is 562. The predicted molar refractivity (Wildman–Crippen MR) is 68.9 cm³/mol. The van der Waals surface area contributed by atoms with E-state index in [-0.39, 0.29) is 22.5 Å². The molecule has 0 radical (unpaired) electrons. The largest absolute Gasteiger partial charge is 0.393 e. The summed E-state index contributed by atoms with van der Waals surface area (Å²) in [7, 11) is -3.58. The molecule has 19 heavy (non-hydrogen) atoms. The minimum atomic E-state index is -3.58. The Balaban J connectivity index is 2.00. The molecule has 1 aliphatic carbocycles. The molecule has 6 nitrogen and oxygen atoms in total. The van der Waals surface area contributed by atoms with Gasteiger partial charge in [0.2, 0.25) is 15.9 Å². The lowest BCUT2D eigenvalue weighted by Crippen LogP contribution is -2.38. The molecule has 0 heterocycles. The third kappa shape index (κ3) is 3.31. The molecule has 0 bridgehead atoms. The fourth-order valence-electron chi connectivity index (χ4n) is 1.98. The highest BCUT2D eigenvalue weighted by Crippen LogP contribution is 2.26. The maximum absolute atomic E-state index is 11.9. The molecule has 2 rings (SSSR count). The normalized spacial score (nSPS) is 22.8. The summed E-state index contributed by atoms with van der Waals surface area (Å²) in [4.78, 5) is 11.0. The van der Waals surface area contributed by atoms with E-state index in [0.29, 0.717) is 19.4 Å². The van der Waals surface area contributed by atoms with Crippen LogP contribution in [0.15, 0.2) is 29.2 Å². The molecule has 1 aromatic rings. The number of carbonyl (C=O) groups excluding carboxylic acids is 1. The van der Waals surface area contributed by atoms with Crippen LogP contribution in [0.3, 0.4) is 0 Å². The van der Waals surface area contributed by atoms with Crippen molar-refractivity contribution >= 4 is 15.9 Å². The van der Waals surface area contributed by atoms with E-state index in [1.807, 2.05) is 0 Å². The van der Waals surface area contributed by atoms with E-state index >= 15 is 0 Å². The van der Waals surface area contributed by atoms with Crippen LogP contribution in [0, 0.1) is 5.92 Å². The molecule has 0 unspecified atom stereocenters. The molecule has 1 amide bonds.